The molecule has 1 amide bonds. The molecule has 13 heavy (non-hydrogen) atoms. The van der Waals surface area contributed by atoms with E-state index in [1.165, 1.54) is 17.4 Å². The van der Waals surface area contributed by atoms with E-state index in [0.717, 1.165) is 16.7 Å². The number of hydrogen-bond acceptors (Lipinski definition) is 3. The molecule has 0 unspecified atom stereocenters. The van der Waals surface area contributed by atoms with Crippen LogP contribution in [-0.4, -0.2) is 12.2 Å². The molecule has 1 aromatic heterocycles. The fourth-order valence-electron chi connectivity index (χ4n) is 0.903. The molecular formula is C9H9NO2S. The second-order valence-corrected chi connectivity index (χ2v) is 3.66. The summed E-state index contributed by atoms with van der Waals surface area (Å²) in [5, 5.41) is 0. The number of primary amides is 1. The zero-order valence-electron chi connectivity index (χ0n) is 7.11. The lowest BCUT2D eigenvalue weighted by Crippen LogP contribution is -2.04. The number of thiophene rings is 1. The van der Waals surface area contributed by atoms with E-state index in [-0.39, 0.29) is 0 Å². The van der Waals surface area contributed by atoms with Gasteiger partial charge in [0.25, 0.3) is 0 Å². The third-order valence-corrected chi connectivity index (χ3v) is 2.62. The van der Waals surface area contributed by atoms with Crippen molar-refractivity contribution in [2.24, 2.45) is 5.73 Å². The number of aldehydes is 1. The van der Waals surface area contributed by atoms with Crippen LogP contribution < -0.4 is 5.73 Å². The minimum absolute atomic E-state index is 0.486. The molecule has 0 aliphatic heterocycles. The molecular weight excluding hydrogens is 186 g/mol. The fourth-order valence-corrected chi connectivity index (χ4v) is 1.80. The lowest BCUT2D eigenvalue weighted by atomic mass is 10.2. The summed E-state index contributed by atoms with van der Waals surface area (Å²) in [6, 6.07) is 1.78. The van der Waals surface area contributed by atoms with Gasteiger partial charge < -0.3 is 5.73 Å². The van der Waals surface area contributed by atoms with Crippen LogP contribution in [0.3, 0.4) is 0 Å². The number of carbonyl (C=O) groups excluding carboxylic acids is 2. The van der Waals surface area contributed by atoms with Gasteiger partial charge in [0.05, 0.1) is 4.88 Å². The van der Waals surface area contributed by atoms with Gasteiger partial charge in [0.2, 0.25) is 5.91 Å². The van der Waals surface area contributed by atoms with E-state index >= 15 is 0 Å². The molecule has 0 aliphatic rings. The van der Waals surface area contributed by atoms with Crippen molar-refractivity contribution >= 4 is 29.6 Å². The Bertz CT molecular complexity index is 366. The summed E-state index contributed by atoms with van der Waals surface area (Å²) < 4.78 is 0. The van der Waals surface area contributed by atoms with E-state index in [0.29, 0.717) is 4.88 Å². The molecule has 1 heterocycles. The Morgan fingerprint density at radius 1 is 1.62 bits per heavy atom. The van der Waals surface area contributed by atoms with Crippen molar-refractivity contribution in [1.82, 2.24) is 0 Å². The number of carbonyl (C=O) groups is 2. The molecule has 0 saturated carbocycles. The highest BCUT2D eigenvalue weighted by Gasteiger charge is 2.01. The molecule has 0 spiro atoms. The van der Waals surface area contributed by atoms with Crippen LogP contribution in [0.1, 0.15) is 20.1 Å². The Morgan fingerprint density at radius 3 is 2.77 bits per heavy atom. The molecule has 0 aromatic carbocycles. The van der Waals surface area contributed by atoms with Crippen molar-refractivity contribution in [3.63, 3.8) is 0 Å². The first-order valence-corrected chi connectivity index (χ1v) is 4.48. The van der Waals surface area contributed by atoms with Gasteiger partial charge in [-0.25, -0.2) is 0 Å². The number of amides is 1. The maximum atomic E-state index is 10.4. The molecule has 2 N–H and O–H groups in total. The van der Waals surface area contributed by atoms with Crippen LogP contribution in [0.5, 0.6) is 0 Å². The van der Waals surface area contributed by atoms with Crippen LogP contribution >= 0.6 is 11.3 Å². The smallest absolute Gasteiger partial charge is 0.241 e. The Kier molecular flexibility index (Phi) is 2.97. The lowest BCUT2D eigenvalue weighted by molar-refractivity contribution is -0.113. The number of rotatable bonds is 3. The summed E-state index contributed by atoms with van der Waals surface area (Å²) in [5.41, 5.74) is 5.92. The van der Waals surface area contributed by atoms with Crippen molar-refractivity contribution in [3.05, 3.63) is 27.5 Å². The van der Waals surface area contributed by atoms with Crippen LogP contribution in [-0.2, 0) is 4.79 Å². The molecule has 68 valence electrons. The predicted molar refractivity (Wildman–Crippen MR) is 52.7 cm³/mol. The first-order chi connectivity index (χ1) is 6.13. The lowest BCUT2D eigenvalue weighted by Gasteiger charge is -1.86. The second kappa shape index (κ2) is 4.00. The van der Waals surface area contributed by atoms with Gasteiger partial charge in [-0.1, -0.05) is 0 Å². The molecule has 0 aliphatic carbocycles. The van der Waals surface area contributed by atoms with Gasteiger partial charge in [0, 0.05) is 11.0 Å². The SMILES string of the molecule is Cc1cc(C=O)sc1C=CC(N)=O. The topological polar surface area (TPSA) is 60.2 Å². The maximum absolute atomic E-state index is 10.4. The van der Waals surface area contributed by atoms with E-state index < -0.39 is 5.91 Å². The van der Waals surface area contributed by atoms with Gasteiger partial charge in [0.1, 0.15) is 0 Å². The largest absolute Gasteiger partial charge is 0.366 e. The molecule has 4 heteroatoms. The third kappa shape index (κ3) is 2.52. The average Bonchev–Trinajstić information content (AvgIpc) is 2.43. The summed E-state index contributed by atoms with van der Waals surface area (Å²) in [7, 11) is 0. The molecule has 0 saturated heterocycles. The van der Waals surface area contributed by atoms with Gasteiger partial charge in [-0.3, -0.25) is 9.59 Å². The van der Waals surface area contributed by atoms with Crippen LogP contribution in [0.4, 0.5) is 0 Å². The van der Waals surface area contributed by atoms with E-state index in [4.69, 9.17) is 5.73 Å². The standard InChI is InChI=1S/C9H9NO2S/c1-6-4-7(5-11)13-8(6)2-3-9(10)12/h2-5H,1H3,(H2,10,12). The molecule has 0 bridgehead atoms. The number of nitrogens with two attached hydrogens (primary N) is 1. The van der Waals surface area contributed by atoms with Gasteiger partial charge in [-0.2, -0.15) is 0 Å². The van der Waals surface area contributed by atoms with Crippen molar-refractivity contribution in [2.45, 2.75) is 6.92 Å². The fraction of sp³-hybridized carbons (Fsp3) is 0.111. The zero-order valence-corrected chi connectivity index (χ0v) is 7.93. The minimum Gasteiger partial charge on any atom is -0.366 e. The Hall–Kier alpha value is -1.42. The maximum Gasteiger partial charge on any atom is 0.241 e. The monoisotopic (exact) mass is 195 g/mol. The molecule has 3 nitrogen and oxygen atoms in total. The van der Waals surface area contributed by atoms with Gasteiger partial charge in [-0.05, 0) is 24.6 Å². The van der Waals surface area contributed by atoms with Crippen LogP contribution in [0, 0.1) is 6.92 Å². The average molecular weight is 195 g/mol. The minimum atomic E-state index is -0.486. The highest BCUT2D eigenvalue weighted by molar-refractivity contribution is 7.14. The summed E-state index contributed by atoms with van der Waals surface area (Å²) in [6.45, 7) is 1.88. The second-order valence-electron chi connectivity index (χ2n) is 2.55. The van der Waals surface area contributed by atoms with E-state index in [1.807, 2.05) is 6.92 Å². The molecule has 0 atom stereocenters. The summed E-state index contributed by atoms with van der Waals surface area (Å²) >= 11 is 1.34. The van der Waals surface area contributed by atoms with Gasteiger partial charge >= 0.3 is 0 Å². The van der Waals surface area contributed by atoms with E-state index in [2.05, 4.69) is 0 Å². The number of aryl methyl sites for hydroxylation is 1. The summed E-state index contributed by atoms with van der Waals surface area (Å²) in [5.74, 6) is -0.486. The molecule has 1 aromatic rings. The van der Waals surface area contributed by atoms with Crippen molar-refractivity contribution in [2.75, 3.05) is 0 Å². The quantitative estimate of drug-likeness (QED) is 0.585. The third-order valence-electron chi connectivity index (χ3n) is 1.49. The van der Waals surface area contributed by atoms with Crippen molar-refractivity contribution in [3.8, 4) is 0 Å². The molecule has 0 radical (unpaired) electrons. The van der Waals surface area contributed by atoms with Crippen molar-refractivity contribution < 1.29 is 9.59 Å². The number of hydrogen-bond donors (Lipinski definition) is 1. The Morgan fingerprint density at radius 2 is 2.31 bits per heavy atom. The summed E-state index contributed by atoms with van der Waals surface area (Å²) in [4.78, 5) is 22.4. The van der Waals surface area contributed by atoms with Gasteiger partial charge in [-0.15, -0.1) is 11.3 Å². The van der Waals surface area contributed by atoms with Gasteiger partial charge in [0.15, 0.2) is 6.29 Å². The molecule has 0 fully saturated rings. The van der Waals surface area contributed by atoms with E-state index in [9.17, 15) is 9.59 Å². The predicted octanol–water partition coefficient (Wildman–Crippen LogP) is 1.37. The van der Waals surface area contributed by atoms with E-state index in [1.54, 1.807) is 12.1 Å². The Balaban J connectivity index is 2.94. The Labute approximate surface area is 79.9 Å². The van der Waals surface area contributed by atoms with Crippen LogP contribution in [0.2, 0.25) is 0 Å². The summed E-state index contributed by atoms with van der Waals surface area (Å²) in [6.07, 6.45) is 3.70. The first-order valence-electron chi connectivity index (χ1n) is 3.66. The van der Waals surface area contributed by atoms with Crippen molar-refractivity contribution in [1.29, 1.82) is 0 Å². The highest BCUT2D eigenvalue weighted by atomic mass is 32.1. The normalized spacial score (nSPS) is 10.5. The first kappa shape index (κ1) is 9.67. The zero-order chi connectivity index (χ0) is 9.84. The van der Waals surface area contributed by atoms with Crippen LogP contribution in [0.15, 0.2) is 12.1 Å². The van der Waals surface area contributed by atoms with Crippen LogP contribution in [0.25, 0.3) is 6.08 Å². The highest BCUT2D eigenvalue weighted by Crippen LogP contribution is 2.21. The molecule has 1 rings (SSSR count).